The Bertz CT molecular complexity index is 1340. The van der Waals surface area contributed by atoms with Crippen LogP contribution in [0.15, 0.2) is 78.3 Å². The Morgan fingerprint density at radius 1 is 1.03 bits per heavy atom. The van der Waals surface area contributed by atoms with E-state index < -0.39 is 11.9 Å². The number of benzene rings is 3. The SMILES string of the molecule is O=C(N/N=C\c1c(OC(=O)c2ccc(Cl)cc2Cl)ccc2ccccc12)c1cnccn1. The molecule has 7 nitrogen and oxygen atoms in total. The molecule has 1 amide bonds. The summed E-state index contributed by atoms with van der Waals surface area (Å²) >= 11 is 12.0. The fourth-order valence-electron chi connectivity index (χ4n) is 2.94. The van der Waals surface area contributed by atoms with E-state index in [-0.39, 0.29) is 22.0 Å². The van der Waals surface area contributed by atoms with Crippen molar-refractivity contribution in [3.63, 3.8) is 0 Å². The van der Waals surface area contributed by atoms with Crippen LogP contribution in [-0.4, -0.2) is 28.1 Å². The summed E-state index contributed by atoms with van der Waals surface area (Å²) in [5.74, 6) is -0.932. The second-order valence-corrected chi connectivity index (χ2v) is 7.35. The lowest BCUT2D eigenvalue weighted by Crippen LogP contribution is -2.19. The van der Waals surface area contributed by atoms with E-state index in [1.165, 1.54) is 36.9 Å². The average molecular weight is 465 g/mol. The van der Waals surface area contributed by atoms with Crippen LogP contribution in [0.3, 0.4) is 0 Å². The number of ether oxygens (including phenoxy) is 1. The monoisotopic (exact) mass is 464 g/mol. The number of aromatic nitrogens is 2. The van der Waals surface area contributed by atoms with Gasteiger partial charge in [0.1, 0.15) is 11.4 Å². The molecule has 4 aromatic rings. The first kappa shape index (κ1) is 21.4. The summed E-state index contributed by atoms with van der Waals surface area (Å²) in [5, 5.41) is 6.27. The van der Waals surface area contributed by atoms with Gasteiger partial charge in [-0.05, 0) is 35.0 Å². The van der Waals surface area contributed by atoms with Crippen LogP contribution in [0.5, 0.6) is 5.75 Å². The van der Waals surface area contributed by atoms with Crippen molar-refractivity contribution in [2.24, 2.45) is 5.10 Å². The van der Waals surface area contributed by atoms with Crippen molar-refractivity contribution >= 4 is 52.1 Å². The molecule has 0 unspecified atom stereocenters. The topological polar surface area (TPSA) is 93.5 Å². The summed E-state index contributed by atoms with van der Waals surface area (Å²) in [4.78, 5) is 32.7. The highest BCUT2D eigenvalue weighted by atomic mass is 35.5. The third kappa shape index (κ3) is 4.74. The molecule has 0 radical (unpaired) electrons. The van der Waals surface area contributed by atoms with Crippen molar-refractivity contribution in [2.45, 2.75) is 0 Å². The number of carbonyl (C=O) groups excluding carboxylic acids is 2. The number of esters is 1. The minimum absolute atomic E-state index is 0.117. The van der Waals surface area contributed by atoms with Gasteiger partial charge in [0.05, 0.1) is 23.0 Å². The molecular weight excluding hydrogens is 451 g/mol. The first-order valence-electron chi connectivity index (χ1n) is 9.31. The number of nitrogens with one attached hydrogen (secondary N) is 1. The summed E-state index contributed by atoms with van der Waals surface area (Å²) in [7, 11) is 0. The van der Waals surface area contributed by atoms with Crippen LogP contribution < -0.4 is 10.2 Å². The largest absolute Gasteiger partial charge is 0.422 e. The third-order valence-electron chi connectivity index (χ3n) is 4.44. The van der Waals surface area contributed by atoms with Crippen molar-refractivity contribution in [1.82, 2.24) is 15.4 Å². The number of rotatable bonds is 5. The number of halogens is 2. The van der Waals surface area contributed by atoms with Crippen molar-refractivity contribution in [2.75, 3.05) is 0 Å². The number of hydrogen-bond donors (Lipinski definition) is 1. The molecular formula is C23H14Cl2N4O3. The number of nitrogens with zero attached hydrogens (tertiary/aromatic N) is 3. The summed E-state index contributed by atoms with van der Waals surface area (Å²) in [6.07, 6.45) is 5.60. The zero-order chi connectivity index (χ0) is 22.5. The maximum absolute atomic E-state index is 12.7. The molecule has 1 N–H and O–H groups in total. The van der Waals surface area contributed by atoms with Gasteiger partial charge in [-0.1, -0.05) is 53.5 Å². The number of fused-ring (bicyclic) bond motifs is 1. The smallest absolute Gasteiger partial charge is 0.345 e. The van der Waals surface area contributed by atoms with E-state index in [0.29, 0.717) is 10.6 Å². The maximum Gasteiger partial charge on any atom is 0.345 e. The van der Waals surface area contributed by atoms with Gasteiger partial charge in [0.25, 0.3) is 5.91 Å². The normalized spacial score (nSPS) is 10.9. The van der Waals surface area contributed by atoms with E-state index >= 15 is 0 Å². The fourth-order valence-corrected chi connectivity index (χ4v) is 3.42. The van der Waals surface area contributed by atoms with Crippen molar-refractivity contribution in [3.8, 4) is 5.75 Å². The van der Waals surface area contributed by atoms with E-state index in [9.17, 15) is 9.59 Å². The molecule has 1 aromatic heterocycles. The molecule has 158 valence electrons. The van der Waals surface area contributed by atoms with Gasteiger partial charge < -0.3 is 4.74 Å². The van der Waals surface area contributed by atoms with E-state index in [0.717, 1.165) is 10.8 Å². The molecule has 0 saturated heterocycles. The number of hydrogen-bond acceptors (Lipinski definition) is 6. The highest BCUT2D eigenvalue weighted by molar-refractivity contribution is 6.36. The fraction of sp³-hybridized carbons (Fsp3) is 0. The molecule has 32 heavy (non-hydrogen) atoms. The molecule has 0 saturated carbocycles. The quantitative estimate of drug-likeness (QED) is 0.196. The zero-order valence-corrected chi connectivity index (χ0v) is 17.8. The summed E-state index contributed by atoms with van der Waals surface area (Å²) in [6.45, 7) is 0. The summed E-state index contributed by atoms with van der Waals surface area (Å²) < 4.78 is 5.61. The van der Waals surface area contributed by atoms with E-state index in [1.54, 1.807) is 12.1 Å². The molecule has 0 spiro atoms. The lowest BCUT2D eigenvalue weighted by atomic mass is 10.0. The Labute approximate surface area is 192 Å². The van der Waals surface area contributed by atoms with E-state index in [1.807, 2.05) is 30.3 Å². The molecule has 3 aromatic carbocycles. The van der Waals surface area contributed by atoms with Crippen molar-refractivity contribution < 1.29 is 14.3 Å². The Kier molecular flexibility index (Phi) is 6.39. The predicted octanol–water partition coefficient (Wildman–Crippen LogP) is 4.92. The van der Waals surface area contributed by atoms with Gasteiger partial charge in [0.15, 0.2) is 0 Å². The lowest BCUT2D eigenvalue weighted by molar-refractivity contribution is 0.0734. The van der Waals surface area contributed by atoms with Crippen molar-refractivity contribution in [3.05, 3.63) is 100 Å². The van der Waals surface area contributed by atoms with Crippen LogP contribution in [0.1, 0.15) is 26.4 Å². The highest BCUT2D eigenvalue weighted by Crippen LogP contribution is 2.29. The van der Waals surface area contributed by atoms with Gasteiger partial charge in [-0.2, -0.15) is 5.10 Å². The first-order valence-corrected chi connectivity index (χ1v) is 10.1. The van der Waals surface area contributed by atoms with Crippen LogP contribution >= 0.6 is 23.2 Å². The minimum Gasteiger partial charge on any atom is -0.422 e. The number of hydrazone groups is 1. The molecule has 0 atom stereocenters. The van der Waals surface area contributed by atoms with Gasteiger partial charge in [0, 0.05) is 23.0 Å². The van der Waals surface area contributed by atoms with Crippen LogP contribution in [0, 0.1) is 0 Å². The Balaban J connectivity index is 1.65. The molecule has 0 aliphatic carbocycles. The van der Waals surface area contributed by atoms with Gasteiger partial charge in [-0.3, -0.25) is 9.78 Å². The second kappa shape index (κ2) is 9.55. The Morgan fingerprint density at radius 3 is 2.66 bits per heavy atom. The van der Waals surface area contributed by atoms with Crippen LogP contribution in [0.2, 0.25) is 10.0 Å². The van der Waals surface area contributed by atoms with Crippen molar-refractivity contribution in [1.29, 1.82) is 0 Å². The summed E-state index contributed by atoms with van der Waals surface area (Å²) in [5.41, 5.74) is 3.18. The first-order chi connectivity index (χ1) is 15.5. The standard InChI is InChI=1S/C23H14Cl2N4O3/c24-15-6-7-17(19(25)11-15)23(31)32-21-8-5-14-3-1-2-4-16(14)18(21)12-28-29-22(30)20-13-26-9-10-27-20/h1-13H,(H,29,30)/b28-12-. The Morgan fingerprint density at radius 2 is 1.88 bits per heavy atom. The number of amides is 1. The third-order valence-corrected chi connectivity index (χ3v) is 4.99. The average Bonchev–Trinajstić information content (AvgIpc) is 2.80. The molecule has 4 rings (SSSR count). The van der Waals surface area contributed by atoms with Crippen LogP contribution in [0.4, 0.5) is 0 Å². The Hall–Kier alpha value is -3.81. The van der Waals surface area contributed by atoms with Crippen LogP contribution in [0.25, 0.3) is 10.8 Å². The minimum atomic E-state index is -0.653. The van der Waals surface area contributed by atoms with E-state index in [2.05, 4.69) is 20.5 Å². The van der Waals surface area contributed by atoms with Gasteiger partial charge in [0.2, 0.25) is 0 Å². The molecule has 0 bridgehead atoms. The zero-order valence-electron chi connectivity index (χ0n) is 16.3. The van der Waals surface area contributed by atoms with Gasteiger partial charge in [-0.15, -0.1) is 0 Å². The second-order valence-electron chi connectivity index (χ2n) is 6.50. The molecule has 1 heterocycles. The maximum atomic E-state index is 12.7. The summed E-state index contributed by atoms with van der Waals surface area (Å²) in [6, 6.07) is 15.5. The predicted molar refractivity (Wildman–Crippen MR) is 122 cm³/mol. The highest BCUT2D eigenvalue weighted by Gasteiger charge is 2.16. The number of carbonyl (C=O) groups is 2. The lowest BCUT2D eigenvalue weighted by Gasteiger charge is -2.11. The molecule has 0 aliphatic rings. The molecule has 0 fully saturated rings. The van der Waals surface area contributed by atoms with Gasteiger partial charge in [-0.25, -0.2) is 15.2 Å². The van der Waals surface area contributed by atoms with E-state index in [4.69, 9.17) is 27.9 Å². The van der Waals surface area contributed by atoms with Crippen LogP contribution in [-0.2, 0) is 0 Å². The molecule has 9 heteroatoms. The van der Waals surface area contributed by atoms with Gasteiger partial charge >= 0.3 is 5.97 Å². The molecule has 0 aliphatic heterocycles.